The van der Waals surface area contributed by atoms with E-state index in [0.29, 0.717) is 44.6 Å². The molecule has 0 N–H and O–H groups in total. The number of likely N-dealkylation sites (tertiary alicyclic amines) is 1. The number of carbonyl (C=O) groups excluding carboxylic acids is 1. The summed E-state index contributed by atoms with van der Waals surface area (Å²) >= 11 is 0. The van der Waals surface area contributed by atoms with Gasteiger partial charge in [0, 0.05) is 39.6 Å². The van der Waals surface area contributed by atoms with Crippen molar-refractivity contribution in [2.45, 2.75) is 32.4 Å². The highest BCUT2D eigenvalue weighted by Gasteiger charge is 2.29. The number of ether oxygens (including phenoxy) is 1. The topological polar surface area (TPSA) is 74.9 Å². The van der Waals surface area contributed by atoms with Gasteiger partial charge in [0.1, 0.15) is 0 Å². The zero-order valence-corrected chi connectivity index (χ0v) is 13.9. The lowest BCUT2D eigenvalue weighted by molar-refractivity contribution is 0.0364. The maximum absolute atomic E-state index is 12.6. The van der Waals surface area contributed by atoms with Crippen LogP contribution in [-0.2, 0) is 11.3 Å². The molecule has 0 aliphatic carbocycles. The van der Waals surface area contributed by atoms with E-state index >= 15 is 0 Å². The second kappa shape index (κ2) is 7.27. The molecule has 23 heavy (non-hydrogen) atoms. The third-order valence-electron chi connectivity index (χ3n) is 4.55. The molecule has 1 unspecified atom stereocenters. The first-order chi connectivity index (χ1) is 11.1. The molecule has 128 valence electrons. The smallest absolute Gasteiger partial charge is 0.320 e. The van der Waals surface area contributed by atoms with Crippen molar-refractivity contribution in [3.8, 4) is 0 Å². The number of hydrogen-bond donors (Lipinski definition) is 0. The molecule has 1 aromatic rings. The number of likely N-dealkylation sites (N-methyl/N-ethyl adjacent to an activating group) is 1. The largest absolute Gasteiger partial charge is 0.378 e. The Bertz CT molecular complexity index is 529. The van der Waals surface area contributed by atoms with Gasteiger partial charge in [-0.2, -0.15) is 4.98 Å². The van der Waals surface area contributed by atoms with E-state index in [-0.39, 0.29) is 12.1 Å². The number of morpholine rings is 1. The molecule has 0 radical (unpaired) electrons. The summed E-state index contributed by atoms with van der Waals surface area (Å²) in [7, 11) is 1.91. The minimum absolute atomic E-state index is 0.107. The standard InChI is InChI=1S/C15H25N5O3/c1-12-16-14(17-23-12)11-19-5-3-4-13(10-19)18(2)15(21)20-6-8-22-9-7-20/h13H,3-11H2,1-2H3. The lowest BCUT2D eigenvalue weighted by Crippen LogP contribution is -2.54. The number of rotatable bonds is 3. The summed E-state index contributed by atoms with van der Waals surface area (Å²) in [5.74, 6) is 1.30. The molecular formula is C15H25N5O3. The maximum atomic E-state index is 12.6. The van der Waals surface area contributed by atoms with Crippen LogP contribution in [0.1, 0.15) is 24.6 Å². The van der Waals surface area contributed by atoms with Crippen LogP contribution in [0.3, 0.4) is 0 Å². The van der Waals surface area contributed by atoms with Gasteiger partial charge in [0.2, 0.25) is 5.89 Å². The fraction of sp³-hybridized carbons (Fsp3) is 0.800. The Morgan fingerprint density at radius 1 is 1.35 bits per heavy atom. The van der Waals surface area contributed by atoms with Crippen LogP contribution < -0.4 is 0 Å². The van der Waals surface area contributed by atoms with Crippen molar-refractivity contribution in [2.75, 3.05) is 46.4 Å². The van der Waals surface area contributed by atoms with Crippen molar-refractivity contribution >= 4 is 6.03 Å². The average molecular weight is 323 g/mol. The molecule has 1 aromatic heterocycles. The van der Waals surface area contributed by atoms with E-state index in [2.05, 4.69) is 15.0 Å². The molecule has 0 bridgehead atoms. The van der Waals surface area contributed by atoms with Crippen molar-refractivity contribution in [1.82, 2.24) is 24.8 Å². The van der Waals surface area contributed by atoms with Crippen LogP contribution in [0.25, 0.3) is 0 Å². The summed E-state index contributed by atoms with van der Waals surface area (Å²) in [6.07, 6.45) is 2.11. The summed E-state index contributed by atoms with van der Waals surface area (Å²) in [5.41, 5.74) is 0. The quantitative estimate of drug-likeness (QED) is 0.816. The Hall–Kier alpha value is -1.67. The Morgan fingerprint density at radius 3 is 2.83 bits per heavy atom. The van der Waals surface area contributed by atoms with Crippen LogP contribution in [0.5, 0.6) is 0 Å². The van der Waals surface area contributed by atoms with E-state index in [0.717, 1.165) is 25.9 Å². The third kappa shape index (κ3) is 4.00. The fourth-order valence-electron chi connectivity index (χ4n) is 3.23. The number of carbonyl (C=O) groups is 1. The molecule has 1 atom stereocenters. The second-order valence-electron chi connectivity index (χ2n) is 6.25. The lowest BCUT2D eigenvalue weighted by Gasteiger charge is -2.39. The summed E-state index contributed by atoms with van der Waals surface area (Å²) in [6.45, 7) is 6.95. The molecule has 0 spiro atoms. The van der Waals surface area contributed by atoms with Gasteiger partial charge in [0.05, 0.1) is 19.8 Å². The van der Waals surface area contributed by atoms with Crippen molar-refractivity contribution in [1.29, 1.82) is 0 Å². The number of piperidine rings is 1. The number of hydrogen-bond acceptors (Lipinski definition) is 6. The van der Waals surface area contributed by atoms with E-state index in [4.69, 9.17) is 9.26 Å². The molecule has 2 aliphatic heterocycles. The summed E-state index contributed by atoms with van der Waals surface area (Å²) in [6, 6.07) is 0.336. The van der Waals surface area contributed by atoms with Crippen LogP contribution >= 0.6 is 0 Å². The number of nitrogens with zero attached hydrogens (tertiary/aromatic N) is 5. The average Bonchev–Trinajstić information content (AvgIpc) is 2.99. The van der Waals surface area contributed by atoms with Gasteiger partial charge in [-0.05, 0) is 19.4 Å². The van der Waals surface area contributed by atoms with Crippen LogP contribution in [0, 0.1) is 6.92 Å². The first-order valence-corrected chi connectivity index (χ1v) is 8.24. The molecule has 8 nitrogen and oxygen atoms in total. The Labute approximate surface area is 136 Å². The summed E-state index contributed by atoms with van der Waals surface area (Å²) in [4.78, 5) is 22.9. The highest BCUT2D eigenvalue weighted by Crippen LogP contribution is 2.18. The van der Waals surface area contributed by atoms with Gasteiger partial charge in [0.25, 0.3) is 0 Å². The lowest BCUT2D eigenvalue weighted by atomic mass is 10.0. The van der Waals surface area contributed by atoms with Gasteiger partial charge >= 0.3 is 6.03 Å². The maximum Gasteiger partial charge on any atom is 0.320 e. The van der Waals surface area contributed by atoms with Gasteiger partial charge in [0.15, 0.2) is 5.82 Å². The number of aryl methyl sites for hydroxylation is 1. The number of urea groups is 1. The molecular weight excluding hydrogens is 298 g/mol. The predicted molar refractivity (Wildman–Crippen MR) is 82.9 cm³/mol. The zero-order chi connectivity index (χ0) is 16.2. The first kappa shape index (κ1) is 16.2. The minimum atomic E-state index is 0.107. The highest BCUT2D eigenvalue weighted by atomic mass is 16.5. The molecule has 2 saturated heterocycles. The predicted octanol–water partition coefficient (Wildman–Crippen LogP) is 0.726. The van der Waals surface area contributed by atoms with Gasteiger partial charge in [-0.15, -0.1) is 0 Å². The van der Waals surface area contributed by atoms with E-state index in [9.17, 15) is 4.79 Å². The molecule has 8 heteroatoms. The van der Waals surface area contributed by atoms with Crippen molar-refractivity contribution in [3.63, 3.8) is 0 Å². The SMILES string of the molecule is Cc1nc(CN2CCCC(N(C)C(=O)N3CCOCC3)C2)no1. The molecule has 0 saturated carbocycles. The van der Waals surface area contributed by atoms with Gasteiger partial charge in [-0.25, -0.2) is 4.79 Å². The van der Waals surface area contributed by atoms with Crippen LogP contribution in [0.2, 0.25) is 0 Å². The van der Waals surface area contributed by atoms with Crippen molar-refractivity contribution < 1.29 is 14.1 Å². The monoisotopic (exact) mass is 323 g/mol. The third-order valence-corrected chi connectivity index (χ3v) is 4.55. The fourth-order valence-corrected chi connectivity index (χ4v) is 3.23. The van der Waals surface area contributed by atoms with Crippen molar-refractivity contribution in [2.24, 2.45) is 0 Å². The Balaban J connectivity index is 1.55. The molecule has 3 heterocycles. The molecule has 2 fully saturated rings. The molecule has 2 aliphatic rings. The summed E-state index contributed by atoms with van der Waals surface area (Å²) < 4.78 is 10.3. The first-order valence-electron chi connectivity index (χ1n) is 8.24. The van der Waals surface area contributed by atoms with E-state index in [1.54, 1.807) is 6.92 Å². The normalized spacial score (nSPS) is 23.0. The van der Waals surface area contributed by atoms with E-state index in [1.165, 1.54) is 0 Å². The summed E-state index contributed by atoms with van der Waals surface area (Å²) in [5, 5.41) is 3.96. The van der Waals surface area contributed by atoms with Crippen molar-refractivity contribution in [3.05, 3.63) is 11.7 Å². The van der Waals surface area contributed by atoms with Crippen LogP contribution in [-0.4, -0.2) is 83.4 Å². The number of amides is 2. The minimum Gasteiger partial charge on any atom is -0.378 e. The van der Waals surface area contributed by atoms with Gasteiger partial charge < -0.3 is 19.1 Å². The van der Waals surface area contributed by atoms with Crippen LogP contribution in [0.4, 0.5) is 4.79 Å². The van der Waals surface area contributed by atoms with Crippen LogP contribution in [0.15, 0.2) is 4.52 Å². The van der Waals surface area contributed by atoms with Gasteiger partial charge in [-0.3, -0.25) is 4.90 Å². The molecule has 0 aromatic carbocycles. The Kier molecular flexibility index (Phi) is 5.12. The highest BCUT2D eigenvalue weighted by molar-refractivity contribution is 5.74. The zero-order valence-electron chi connectivity index (χ0n) is 13.9. The Morgan fingerprint density at radius 2 is 2.13 bits per heavy atom. The molecule has 3 rings (SSSR count). The van der Waals surface area contributed by atoms with E-state index in [1.807, 2.05) is 16.8 Å². The van der Waals surface area contributed by atoms with Gasteiger partial charge in [-0.1, -0.05) is 5.16 Å². The van der Waals surface area contributed by atoms with E-state index < -0.39 is 0 Å². The molecule has 2 amide bonds. The second-order valence-corrected chi connectivity index (χ2v) is 6.25. The number of aromatic nitrogens is 2.